The maximum absolute atomic E-state index is 11.9. The number of benzene rings is 2. The van der Waals surface area contributed by atoms with Gasteiger partial charge in [0, 0.05) is 11.1 Å². The monoisotopic (exact) mass is 458 g/mol. The van der Waals surface area contributed by atoms with Crippen LogP contribution < -0.4 is 14.9 Å². The number of amides is 1. The van der Waals surface area contributed by atoms with Crippen molar-refractivity contribution >= 4 is 47.4 Å². The van der Waals surface area contributed by atoms with E-state index in [2.05, 4.69) is 10.5 Å². The predicted molar refractivity (Wildman–Crippen MR) is 118 cm³/mol. The average Bonchev–Trinajstić information content (AvgIpc) is 3.26. The maximum Gasteiger partial charge on any atom is 0.336 e. The SMILES string of the molecule is O=C(COc1ccc(Cl)cc1Cl)N/N=C\c1cccc(OC(=O)/C=C/c2ccco2)c1. The Labute approximate surface area is 187 Å². The largest absolute Gasteiger partial charge is 0.482 e. The molecule has 0 radical (unpaired) electrons. The third-order valence-corrected chi connectivity index (χ3v) is 4.19. The summed E-state index contributed by atoms with van der Waals surface area (Å²) in [5.41, 5.74) is 2.95. The molecule has 0 aliphatic carbocycles. The second-order valence-electron chi connectivity index (χ2n) is 6.00. The van der Waals surface area contributed by atoms with E-state index in [1.165, 1.54) is 30.7 Å². The van der Waals surface area contributed by atoms with Crippen LogP contribution in [0.2, 0.25) is 10.0 Å². The zero-order chi connectivity index (χ0) is 22.1. The van der Waals surface area contributed by atoms with Crippen molar-refractivity contribution in [2.24, 2.45) is 5.10 Å². The summed E-state index contributed by atoms with van der Waals surface area (Å²) in [6.07, 6.45) is 5.67. The van der Waals surface area contributed by atoms with E-state index in [0.717, 1.165) is 0 Å². The Hall–Kier alpha value is -3.55. The van der Waals surface area contributed by atoms with Gasteiger partial charge in [-0.25, -0.2) is 10.2 Å². The molecule has 0 bridgehead atoms. The highest BCUT2D eigenvalue weighted by molar-refractivity contribution is 6.35. The van der Waals surface area contributed by atoms with E-state index in [9.17, 15) is 9.59 Å². The van der Waals surface area contributed by atoms with Gasteiger partial charge >= 0.3 is 5.97 Å². The van der Waals surface area contributed by atoms with E-state index in [1.54, 1.807) is 48.5 Å². The average molecular weight is 459 g/mol. The van der Waals surface area contributed by atoms with Gasteiger partial charge < -0.3 is 13.9 Å². The van der Waals surface area contributed by atoms with Gasteiger partial charge in [-0.05, 0) is 54.1 Å². The van der Waals surface area contributed by atoms with Crippen molar-refractivity contribution in [3.8, 4) is 11.5 Å². The number of nitrogens with one attached hydrogen (secondary N) is 1. The quantitative estimate of drug-likeness (QED) is 0.173. The second kappa shape index (κ2) is 11.0. The lowest BCUT2D eigenvalue weighted by molar-refractivity contribution is -0.129. The van der Waals surface area contributed by atoms with E-state index in [0.29, 0.717) is 32.9 Å². The van der Waals surface area contributed by atoms with E-state index < -0.39 is 11.9 Å². The number of rotatable bonds is 8. The number of carbonyl (C=O) groups is 2. The molecule has 3 rings (SSSR count). The van der Waals surface area contributed by atoms with E-state index in [-0.39, 0.29) is 6.61 Å². The molecule has 31 heavy (non-hydrogen) atoms. The molecule has 0 saturated carbocycles. The molecule has 2 aromatic carbocycles. The van der Waals surface area contributed by atoms with E-state index in [4.69, 9.17) is 37.1 Å². The molecule has 7 nitrogen and oxygen atoms in total. The minimum absolute atomic E-state index is 0.279. The van der Waals surface area contributed by atoms with Gasteiger partial charge in [0.1, 0.15) is 17.3 Å². The van der Waals surface area contributed by atoms with Gasteiger partial charge in [-0.1, -0.05) is 35.3 Å². The third kappa shape index (κ3) is 7.33. The van der Waals surface area contributed by atoms with Crippen LogP contribution in [-0.2, 0) is 9.59 Å². The Morgan fingerprint density at radius 2 is 1.97 bits per heavy atom. The van der Waals surface area contributed by atoms with Gasteiger partial charge in [0.15, 0.2) is 6.61 Å². The fourth-order valence-corrected chi connectivity index (χ4v) is 2.75. The van der Waals surface area contributed by atoms with E-state index >= 15 is 0 Å². The van der Waals surface area contributed by atoms with Crippen molar-refractivity contribution in [1.29, 1.82) is 0 Å². The number of carbonyl (C=O) groups excluding carboxylic acids is 2. The number of halogens is 2. The van der Waals surface area contributed by atoms with Crippen molar-refractivity contribution in [2.45, 2.75) is 0 Å². The summed E-state index contributed by atoms with van der Waals surface area (Å²) >= 11 is 11.8. The first kappa shape index (κ1) is 22.1. The fourth-order valence-electron chi connectivity index (χ4n) is 2.29. The molecule has 1 N–H and O–H groups in total. The first-order chi connectivity index (χ1) is 15.0. The number of ether oxygens (including phenoxy) is 2. The first-order valence-electron chi connectivity index (χ1n) is 8.93. The zero-order valence-corrected chi connectivity index (χ0v) is 17.5. The standard InChI is InChI=1S/C22H16Cl2N2O5/c23-16-6-8-20(19(24)12-16)30-14-21(27)26-25-13-15-3-1-4-18(11-15)31-22(28)9-7-17-5-2-10-29-17/h1-13H,14H2,(H,26,27)/b9-7+,25-13-. The van der Waals surface area contributed by atoms with Gasteiger partial charge in [-0.3, -0.25) is 4.79 Å². The van der Waals surface area contributed by atoms with Crippen LogP contribution in [0.4, 0.5) is 0 Å². The van der Waals surface area contributed by atoms with Crippen LogP contribution in [0.5, 0.6) is 11.5 Å². The summed E-state index contributed by atoms with van der Waals surface area (Å²) in [6.45, 7) is -0.279. The Bertz CT molecular complexity index is 1110. The number of hydrazone groups is 1. The Morgan fingerprint density at radius 3 is 2.74 bits per heavy atom. The number of furan rings is 1. The van der Waals surface area contributed by atoms with Gasteiger partial charge in [0.25, 0.3) is 5.91 Å². The maximum atomic E-state index is 11.9. The van der Waals surface area contributed by atoms with Crippen LogP contribution in [0.1, 0.15) is 11.3 Å². The summed E-state index contributed by atoms with van der Waals surface area (Å²) in [5.74, 6) is 0.159. The van der Waals surface area contributed by atoms with Crippen molar-refractivity contribution < 1.29 is 23.5 Å². The van der Waals surface area contributed by atoms with Crippen LogP contribution in [0.25, 0.3) is 6.08 Å². The molecule has 0 fully saturated rings. The minimum atomic E-state index is -0.559. The molecule has 1 amide bonds. The molecule has 1 heterocycles. The van der Waals surface area contributed by atoms with Crippen LogP contribution >= 0.6 is 23.2 Å². The highest BCUT2D eigenvalue weighted by atomic mass is 35.5. The molecule has 1 aromatic heterocycles. The lowest BCUT2D eigenvalue weighted by Crippen LogP contribution is -2.24. The molecule has 158 valence electrons. The highest BCUT2D eigenvalue weighted by Crippen LogP contribution is 2.27. The van der Waals surface area contributed by atoms with Crippen molar-refractivity contribution in [1.82, 2.24) is 5.43 Å². The molecule has 0 aliphatic rings. The minimum Gasteiger partial charge on any atom is -0.482 e. The number of nitrogens with zero attached hydrogens (tertiary/aromatic N) is 1. The van der Waals surface area contributed by atoms with Crippen LogP contribution in [0.15, 0.2) is 76.5 Å². The smallest absolute Gasteiger partial charge is 0.336 e. The summed E-state index contributed by atoms with van der Waals surface area (Å²) < 4.78 is 15.7. The first-order valence-corrected chi connectivity index (χ1v) is 9.68. The number of hydrogen-bond acceptors (Lipinski definition) is 6. The van der Waals surface area contributed by atoms with Crippen molar-refractivity contribution in [2.75, 3.05) is 6.61 Å². The normalized spacial score (nSPS) is 11.0. The zero-order valence-electron chi connectivity index (χ0n) is 16.0. The molecule has 0 unspecified atom stereocenters. The molecule has 3 aromatic rings. The van der Waals surface area contributed by atoms with Gasteiger partial charge in [-0.2, -0.15) is 5.10 Å². The lowest BCUT2D eigenvalue weighted by Gasteiger charge is -2.07. The van der Waals surface area contributed by atoms with Gasteiger partial charge in [0.2, 0.25) is 0 Å². The Morgan fingerprint density at radius 1 is 1.10 bits per heavy atom. The number of hydrogen-bond donors (Lipinski definition) is 1. The van der Waals surface area contributed by atoms with Crippen LogP contribution in [0.3, 0.4) is 0 Å². The van der Waals surface area contributed by atoms with E-state index in [1.807, 2.05) is 0 Å². The molecule has 0 atom stereocenters. The van der Waals surface area contributed by atoms with Gasteiger partial charge in [-0.15, -0.1) is 0 Å². The molecular weight excluding hydrogens is 443 g/mol. The Kier molecular flexibility index (Phi) is 7.86. The Balaban J connectivity index is 1.48. The number of esters is 1. The predicted octanol–water partition coefficient (Wildman–Crippen LogP) is 4.73. The lowest BCUT2D eigenvalue weighted by atomic mass is 10.2. The van der Waals surface area contributed by atoms with Crippen LogP contribution in [-0.4, -0.2) is 24.7 Å². The fraction of sp³-hybridized carbons (Fsp3) is 0.0455. The van der Waals surface area contributed by atoms with Crippen molar-refractivity contribution in [3.05, 3.63) is 88.3 Å². The molecule has 9 heteroatoms. The summed E-state index contributed by atoms with van der Waals surface area (Å²) in [6, 6.07) is 14.8. The molecular formula is C22H16Cl2N2O5. The highest BCUT2D eigenvalue weighted by Gasteiger charge is 2.06. The molecule has 0 spiro atoms. The molecule has 0 saturated heterocycles. The third-order valence-electron chi connectivity index (χ3n) is 3.66. The van der Waals surface area contributed by atoms with Gasteiger partial charge in [0.05, 0.1) is 17.5 Å². The topological polar surface area (TPSA) is 90.1 Å². The molecule has 0 aliphatic heterocycles. The summed E-state index contributed by atoms with van der Waals surface area (Å²) in [7, 11) is 0. The summed E-state index contributed by atoms with van der Waals surface area (Å²) in [5, 5.41) is 4.62. The summed E-state index contributed by atoms with van der Waals surface area (Å²) in [4.78, 5) is 23.7. The second-order valence-corrected chi connectivity index (χ2v) is 6.84. The van der Waals surface area contributed by atoms with Crippen molar-refractivity contribution in [3.63, 3.8) is 0 Å². The van der Waals surface area contributed by atoms with Crippen LogP contribution in [0, 0.1) is 0 Å².